The molecule has 152 valence electrons. The van der Waals surface area contributed by atoms with Crippen molar-refractivity contribution in [2.45, 2.75) is 20.0 Å². The van der Waals surface area contributed by atoms with Gasteiger partial charge < -0.3 is 10.6 Å². The van der Waals surface area contributed by atoms with Crippen molar-refractivity contribution >= 4 is 40.4 Å². The predicted molar refractivity (Wildman–Crippen MR) is 125 cm³/mol. The first kappa shape index (κ1) is 20.1. The minimum Gasteiger partial charge on any atom is -0.330 e. The second-order valence-corrected chi connectivity index (χ2v) is 7.73. The lowest BCUT2D eigenvalue weighted by atomic mass is 10.2. The molecule has 2 aromatic carbocycles. The molecule has 0 radical (unpaired) electrons. The van der Waals surface area contributed by atoms with Gasteiger partial charge in [0.25, 0.3) is 0 Å². The van der Waals surface area contributed by atoms with Gasteiger partial charge in [-0.05, 0) is 36.3 Å². The van der Waals surface area contributed by atoms with Crippen molar-refractivity contribution in [1.82, 2.24) is 19.6 Å². The topological polar surface area (TPSA) is 59.7 Å². The zero-order valence-corrected chi connectivity index (χ0v) is 18.0. The smallest absolute Gasteiger partial charge is 0.176 e. The summed E-state index contributed by atoms with van der Waals surface area (Å²) in [6, 6.07) is 19.9. The van der Waals surface area contributed by atoms with E-state index in [-0.39, 0.29) is 0 Å². The fraction of sp³-hybridized carbons (Fsp3) is 0.136. The van der Waals surface area contributed by atoms with Crippen molar-refractivity contribution in [3.8, 4) is 0 Å². The van der Waals surface area contributed by atoms with Gasteiger partial charge >= 0.3 is 0 Å². The van der Waals surface area contributed by atoms with E-state index in [1.54, 1.807) is 6.20 Å². The van der Waals surface area contributed by atoms with Crippen LogP contribution in [0.15, 0.2) is 73.1 Å². The van der Waals surface area contributed by atoms with Gasteiger partial charge in [-0.25, -0.2) is 0 Å². The summed E-state index contributed by atoms with van der Waals surface area (Å²) in [5.41, 5.74) is 4.05. The average molecular weight is 437 g/mol. The summed E-state index contributed by atoms with van der Waals surface area (Å²) in [7, 11) is 0. The molecule has 2 N–H and O–H groups in total. The minimum atomic E-state index is 0.455. The highest BCUT2D eigenvalue weighted by atomic mass is 35.5. The summed E-state index contributed by atoms with van der Waals surface area (Å²) in [4.78, 5) is 0. The summed E-state index contributed by atoms with van der Waals surface area (Å²) < 4.78 is 3.76. The molecular weight excluding hydrogens is 416 g/mol. The molecule has 4 rings (SSSR count). The molecule has 0 aliphatic rings. The molecule has 0 aliphatic heterocycles. The molecule has 0 aliphatic carbocycles. The monoisotopic (exact) mass is 436 g/mol. The van der Waals surface area contributed by atoms with E-state index in [0.29, 0.717) is 24.0 Å². The van der Waals surface area contributed by atoms with Gasteiger partial charge in [-0.15, -0.1) is 0 Å². The first-order valence-electron chi connectivity index (χ1n) is 9.49. The van der Waals surface area contributed by atoms with Crippen LogP contribution < -0.4 is 10.6 Å². The Balaban J connectivity index is 1.36. The van der Waals surface area contributed by atoms with Gasteiger partial charge in [-0.3, -0.25) is 9.36 Å². The van der Waals surface area contributed by atoms with Crippen LogP contribution in [0.1, 0.15) is 16.8 Å². The number of thiocarbonyl (C=S) groups is 1. The second kappa shape index (κ2) is 9.11. The Morgan fingerprint density at radius 2 is 1.80 bits per heavy atom. The molecule has 0 saturated carbocycles. The van der Waals surface area contributed by atoms with E-state index < -0.39 is 0 Å². The van der Waals surface area contributed by atoms with Crippen LogP contribution in [-0.2, 0) is 13.1 Å². The molecule has 6 nitrogen and oxygen atoms in total. The Morgan fingerprint density at radius 1 is 1.03 bits per heavy atom. The highest BCUT2D eigenvalue weighted by Gasteiger charge is 2.08. The SMILES string of the molecule is Cc1cc(NC(=S)Nc2cnn(Cc3ccccc3Cl)c2)nn1Cc1ccccc1. The Morgan fingerprint density at radius 3 is 2.60 bits per heavy atom. The first-order chi connectivity index (χ1) is 14.6. The predicted octanol–water partition coefficient (Wildman–Crippen LogP) is 4.95. The maximum Gasteiger partial charge on any atom is 0.176 e. The van der Waals surface area contributed by atoms with Crippen LogP contribution in [0.3, 0.4) is 0 Å². The van der Waals surface area contributed by atoms with E-state index >= 15 is 0 Å². The number of nitrogens with one attached hydrogen (secondary N) is 2. The normalized spacial score (nSPS) is 10.7. The Kier molecular flexibility index (Phi) is 6.11. The van der Waals surface area contributed by atoms with Crippen molar-refractivity contribution in [1.29, 1.82) is 0 Å². The Labute approximate surface area is 185 Å². The van der Waals surface area contributed by atoms with E-state index in [4.69, 9.17) is 23.8 Å². The lowest BCUT2D eigenvalue weighted by molar-refractivity contribution is 0.668. The van der Waals surface area contributed by atoms with E-state index in [2.05, 4.69) is 33.0 Å². The summed E-state index contributed by atoms with van der Waals surface area (Å²) in [5, 5.41) is 16.4. The van der Waals surface area contributed by atoms with Gasteiger partial charge in [-0.1, -0.05) is 60.1 Å². The van der Waals surface area contributed by atoms with Crippen molar-refractivity contribution < 1.29 is 0 Å². The number of nitrogens with zero attached hydrogens (tertiary/aromatic N) is 4. The largest absolute Gasteiger partial charge is 0.330 e. The molecule has 0 amide bonds. The molecule has 30 heavy (non-hydrogen) atoms. The summed E-state index contributed by atoms with van der Waals surface area (Å²) in [6.45, 7) is 3.32. The van der Waals surface area contributed by atoms with Gasteiger partial charge in [-0.2, -0.15) is 10.2 Å². The number of rotatable bonds is 6. The first-order valence-corrected chi connectivity index (χ1v) is 10.3. The van der Waals surface area contributed by atoms with Crippen LogP contribution in [0, 0.1) is 6.92 Å². The number of halogens is 1. The van der Waals surface area contributed by atoms with E-state index in [9.17, 15) is 0 Å². The van der Waals surface area contributed by atoms with E-state index in [1.807, 2.05) is 71.0 Å². The van der Waals surface area contributed by atoms with Crippen molar-refractivity contribution in [2.24, 2.45) is 0 Å². The fourth-order valence-electron chi connectivity index (χ4n) is 3.08. The number of aromatic nitrogens is 4. The summed E-state index contributed by atoms with van der Waals surface area (Å²) in [6.07, 6.45) is 3.61. The fourth-order valence-corrected chi connectivity index (χ4v) is 3.50. The zero-order chi connectivity index (χ0) is 20.9. The van der Waals surface area contributed by atoms with Crippen LogP contribution in [-0.4, -0.2) is 24.7 Å². The van der Waals surface area contributed by atoms with Crippen LogP contribution >= 0.6 is 23.8 Å². The highest BCUT2D eigenvalue weighted by Crippen LogP contribution is 2.17. The van der Waals surface area contributed by atoms with E-state index in [0.717, 1.165) is 22.0 Å². The van der Waals surface area contributed by atoms with Crippen molar-refractivity contribution in [3.63, 3.8) is 0 Å². The van der Waals surface area contributed by atoms with Gasteiger partial charge in [0.05, 0.1) is 25.0 Å². The molecule has 2 aromatic heterocycles. The summed E-state index contributed by atoms with van der Waals surface area (Å²) in [5.74, 6) is 0.699. The van der Waals surface area contributed by atoms with Gasteiger partial charge in [0.2, 0.25) is 0 Å². The zero-order valence-electron chi connectivity index (χ0n) is 16.4. The number of anilines is 2. The number of benzene rings is 2. The van der Waals surface area contributed by atoms with Crippen molar-refractivity contribution in [2.75, 3.05) is 10.6 Å². The van der Waals surface area contributed by atoms with Gasteiger partial charge in [0, 0.05) is 23.0 Å². The van der Waals surface area contributed by atoms with Crippen LogP contribution in [0.5, 0.6) is 0 Å². The molecule has 0 unspecified atom stereocenters. The van der Waals surface area contributed by atoms with Crippen LogP contribution in [0.25, 0.3) is 0 Å². The second-order valence-electron chi connectivity index (χ2n) is 6.91. The maximum atomic E-state index is 6.22. The third kappa shape index (κ3) is 5.06. The number of hydrogen-bond acceptors (Lipinski definition) is 3. The lowest BCUT2D eigenvalue weighted by Gasteiger charge is -2.07. The molecule has 8 heteroatoms. The molecular formula is C22H21ClN6S. The third-order valence-corrected chi connectivity index (χ3v) is 5.15. The summed E-state index contributed by atoms with van der Waals surface area (Å²) >= 11 is 11.7. The van der Waals surface area contributed by atoms with Gasteiger partial charge in [0.1, 0.15) is 0 Å². The molecule has 0 saturated heterocycles. The lowest BCUT2D eigenvalue weighted by Crippen LogP contribution is -2.19. The minimum absolute atomic E-state index is 0.455. The molecule has 0 spiro atoms. The average Bonchev–Trinajstić information content (AvgIpc) is 3.30. The van der Waals surface area contributed by atoms with Crippen LogP contribution in [0.4, 0.5) is 11.5 Å². The maximum absolute atomic E-state index is 6.22. The molecule has 0 bridgehead atoms. The quantitative estimate of drug-likeness (QED) is 0.419. The molecule has 4 aromatic rings. The van der Waals surface area contributed by atoms with Gasteiger partial charge in [0.15, 0.2) is 10.9 Å². The number of hydrogen-bond donors (Lipinski definition) is 2. The highest BCUT2D eigenvalue weighted by molar-refractivity contribution is 7.80. The van der Waals surface area contributed by atoms with E-state index in [1.165, 1.54) is 5.56 Å². The number of aryl methyl sites for hydroxylation is 1. The van der Waals surface area contributed by atoms with Crippen molar-refractivity contribution in [3.05, 3.63) is 94.9 Å². The standard InChI is InChI=1S/C22H21ClN6S/c1-16-11-21(27-29(16)13-17-7-3-2-4-8-17)26-22(30)25-19-12-24-28(15-19)14-18-9-5-6-10-20(18)23/h2-12,15H,13-14H2,1H3,(H2,25,26,27,30). The molecule has 0 fully saturated rings. The Bertz CT molecular complexity index is 1150. The third-order valence-electron chi connectivity index (χ3n) is 4.58. The Hall–Kier alpha value is -3.16. The molecule has 0 atom stereocenters. The van der Waals surface area contributed by atoms with Crippen LogP contribution in [0.2, 0.25) is 5.02 Å². The molecule has 2 heterocycles.